The van der Waals surface area contributed by atoms with Crippen LogP contribution in [0.1, 0.15) is 43.4 Å². The minimum absolute atomic E-state index is 0.160. The number of fused-ring (bicyclic) bond motifs is 1. The predicted octanol–water partition coefficient (Wildman–Crippen LogP) is 3.29. The average Bonchev–Trinajstić information content (AvgIpc) is 2.77. The Balaban J connectivity index is 2.18. The molecule has 1 heterocycles. The van der Waals surface area contributed by atoms with E-state index in [-0.39, 0.29) is 11.2 Å². The summed E-state index contributed by atoms with van der Waals surface area (Å²) in [5, 5.41) is 0. The quantitative estimate of drug-likeness (QED) is 0.859. The maximum Gasteiger partial charge on any atom is 0.168 e. The van der Waals surface area contributed by atoms with Crippen LogP contribution in [-0.4, -0.2) is 41.3 Å². The highest BCUT2D eigenvalue weighted by Gasteiger charge is 2.23. The summed E-state index contributed by atoms with van der Waals surface area (Å²) in [5.74, 6) is 1.15. The number of ketones is 1. The zero-order valence-electron chi connectivity index (χ0n) is 13.7. The van der Waals surface area contributed by atoms with Crippen LogP contribution in [0.3, 0.4) is 0 Å². The number of Topliss-reactive ketones (excluding diaryl/α,β-unsaturated/α-hetero) is 1. The lowest BCUT2D eigenvalue weighted by Gasteiger charge is -2.16. The molecule has 0 aliphatic rings. The molecule has 1 aromatic heterocycles. The van der Waals surface area contributed by atoms with Gasteiger partial charge in [-0.25, -0.2) is 4.98 Å². The van der Waals surface area contributed by atoms with E-state index in [4.69, 9.17) is 0 Å². The number of nitrogens with one attached hydrogen (secondary N) is 1. The van der Waals surface area contributed by atoms with Gasteiger partial charge < -0.3 is 9.88 Å². The molecule has 0 spiro atoms. The molecule has 4 heteroatoms. The summed E-state index contributed by atoms with van der Waals surface area (Å²) >= 11 is 0. The first-order valence-corrected chi connectivity index (χ1v) is 7.45. The molecule has 0 aliphatic carbocycles. The number of aryl methyl sites for hydroxylation is 1. The smallest absolute Gasteiger partial charge is 0.168 e. The molecule has 1 aromatic carbocycles. The van der Waals surface area contributed by atoms with Gasteiger partial charge in [0.2, 0.25) is 0 Å². The molecule has 114 valence electrons. The Hall–Kier alpha value is -1.68. The van der Waals surface area contributed by atoms with Crippen molar-refractivity contribution in [3.05, 3.63) is 29.6 Å². The van der Waals surface area contributed by atoms with Crippen LogP contribution in [0.2, 0.25) is 0 Å². The first-order chi connectivity index (χ1) is 9.77. The lowest BCUT2D eigenvalue weighted by Crippen LogP contribution is -2.19. The van der Waals surface area contributed by atoms with Crippen LogP contribution in [-0.2, 0) is 6.42 Å². The van der Waals surface area contributed by atoms with Crippen LogP contribution < -0.4 is 0 Å². The van der Waals surface area contributed by atoms with Crippen molar-refractivity contribution in [1.82, 2.24) is 14.9 Å². The Labute approximate surface area is 126 Å². The molecule has 21 heavy (non-hydrogen) atoms. The fourth-order valence-corrected chi connectivity index (χ4v) is 2.32. The third-order valence-electron chi connectivity index (χ3n) is 3.49. The van der Waals surface area contributed by atoms with Crippen molar-refractivity contribution < 1.29 is 4.79 Å². The van der Waals surface area contributed by atoms with E-state index < -0.39 is 0 Å². The van der Waals surface area contributed by atoms with Crippen LogP contribution in [0.25, 0.3) is 11.0 Å². The van der Waals surface area contributed by atoms with Gasteiger partial charge in [0.15, 0.2) is 5.78 Å². The van der Waals surface area contributed by atoms with E-state index in [9.17, 15) is 4.79 Å². The topological polar surface area (TPSA) is 49.0 Å². The lowest BCUT2D eigenvalue weighted by molar-refractivity contribution is 0.0858. The number of hydrogen-bond acceptors (Lipinski definition) is 3. The molecular formula is C17H25N3O. The standard InChI is InChI=1S/C17H25N3O/c1-17(2,3)16(21)12-8-9-13-14(11-12)19-15(18-13)7-6-10-20(4)5/h8-9,11H,6-7,10H2,1-5H3,(H,18,19). The number of hydrogen-bond donors (Lipinski definition) is 1. The average molecular weight is 287 g/mol. The van der Waals surface area contributed by atoms with Crippen molar-refractivity contribution in [3.8, 4) is 0 Å². The molecule has 4 nitrogen and oxygen atoms in total. The van der Waals surface area contributed by atoms with Crippen LogP contribution in [0, 0.1) is 5.41 Å². The summed E-state index contributed by atoms with van der Waals surface area (Å²) in [6.07, 6.45) is 2.00. The third-order valence-corrected chi connectivity index (χ3v) is 3.49. The Morgan fingerprint density at radius 1 is 1.29 bits per heavy atom. The zero-order chi connectivity index (χ0) is 15.6. The molecular weight excluding hydrogens is 262 g/mol. The fraction of sp³-hybridized carbons (Fsp3) is 0.529. The fourth-order valence-electron chi connectivity index (χ4n) is 2.32. The molecule has 0 atom stereocenters. The molecule has 0 aliphatic heterocycles. The van der Waals surface area contributed by atoms with Gasteiger partial charge in [-0.3, -0.25) is 4.79 Å². The van der Waals surface area contributed by atoms with Gasteiger partial charge in [-0.1, -0.05) is 20.8 Å². The van der Waals surface area contributed by atoms with Gasteiger partial charge >= 0.3 is 0 Å². The molecule has 0 bridgehead atoms. The van der Waals surface area contributed by atoms with Gasteiger partial charge in [0.25, 0.3) is 0 Å². The van der Waals surface area contributed by atoms with Crippen LogP contribution in [0.5, 0.6) is 0 Å². The normalized spacial score (nSPS) is 12.3. The summed E-state index contributed by atoms with van der Waals surface area (Å²) in [7, 11) is 4.14. The summed E-state index contributed by atoms with van der Waals surface area (Å²) in [5.41, 5.74) is 2.27. The number of aromatic nitrogens is 2. The maximum absolute atomic E-state index is 12.3. The Kier molecular flexibility index (Phi) is 4.47. The number of H-pyrrole nitrogens is 1. The minimum atomic E-state index is -0.359. The molecule has 0 fully saturated rings. The largest absolute Gasteiger partial charge is 0.342 e. The molecule has 0 radical (unpaired) electrons. The zero-order valence-corrected chi connectivity index (χ0v) is 13.7. The number of nitrogens with zero attached hydrogens (tertiary/aromatic N) is 2. The van der Waals surface area contributed by atoms with Gasteiger partial charge in [-0.05, 0) is 45.3 Å². The Morgan fingerprint density at radius 2 is 2.00 bits per heavy atom. The number of carbonyl (C=O) groups is 1. The van der Waals surface area contributed by atoms with Crippen molar-refractivity contribution in [3.63, 3.8) is 0 Å². The Morgan fingerprint density at radius 3 is 2.62 bits per heavy atom. The first-order valence-electron chi connectivity index (χ1n) is 7.45. The summed E-state index contributed by atoms with van der Waals surface area (Å²) in [6.45, 7) is 6.88. The van der Waals surface area contributed by atoms with Gasteiger partial charge in [-0.15, -0.1) is 0 Å². The number of rotatable bonds is 5. The number of benzene rings is 1. The minimum Gasteiger partial charge on any atom is -0.342 e. The second kappa shape index (κ2) is 5.98. The SMILES string of the molecule is CN(C)CCCc1nc2ccc(C(=O)C(C)(C)C)cc2[nH]1. The van der Waals surface area contributed by atoms with E-state index in [0.717, 1.165) is 41.8 Å². The highest BCUT2D eigenvalue weighted by atomic mass is 16.1. The Bertz CT molecular complexity index is 635. The van der Waals surface area contributed by atoms with Crippen LogP contribution in [0.4, 0.5) is 0 Å². The monoisotopic (exact) mass is 287 g/mol. The maximum atomic E-state index is 12.3. The molecule has 0 unspecified atom stereocenters. The van der Waals surface area contributed by atoms with Gasteiger partial charge in [0.1, 0.15) is 5.82 Å². The molecule has 0 saturated heterocycles. The molecule has 2 aromatic rings. The van der Waals surface area contributed by atoms with E-state index >= 15 is 0 Å². The lowest BCUT2D eigenvalue weighted by atomic mass is 9.86. The predicted molar refractivity (Wildman–Crippen MR) is 86.8 cm³/mol. The number of aromatic amines is 1. The van der Waals surface area contributed by atoms with Gasteiger partial charge in [-0.2, -0.15) is 0 Å². The van der Waals surface area contributed by atoms with E-state index in [1.165, 1.54) is 0 Å². The first kappa shape index (κ1) is 15.7. The highest BCUT2D eigenvalue weighted by Crippen LogP contribution is 2.23. The summed E-state index contributed by atoms with van der Waals surface area (Å²) in [4.78, 5) is 22.4. The summed E-state index contributed by atoms with van der Waals surface area (Å²) < 4.78 is 0. The van der Waals surface area contributed by atoms with Crippen LogP contribution >= 0.6 is 0 Å². The van der Waals surface area contributed by atoms with Crippen molar-refractivity contribution in [2.24, 2.45) is 5.41 Å². The van der Waals surface area contributed by atoms with E-state index in [0.29, 0.717) is 0 Å². The van der Waals surface area contributed by atoms with E-state index in [1.54, 1.807) is 0 Å². The molecule has 0 amide bonds. The van der Waals surface area contributed by atoms with Crippen molar-refractivity contribution >= 4 is 16.8 Å². The van der Waals surface area contributed by atoms with Crippen molar-refractivity contribution in [2.75, 3.05) is 20.6 Å². The van der Waals surface area contributed by atoms with Crippen molar-refractivity contribution in [2.45, 2.75) is 33.6 Å². The van der Waals surface area contributed by atoms with Crippen molar-refractivity contribution in [1.29, 1.82) is 0 Å². The number of carbonyl (C=O) groups excluding carboxylic acids is 1. The van der Waals surface area contributed by atoms with Crippen LogP contribution in [0.15, 0.2) is 18.2 Å². The van der Waals surface area contributed by atoms with E-state index in [2.05, 4.69) is 29.0 Å². The van der Waals surface area contributed by atoms with Gasteiger partial charge in [0.05, 0.1) is 11.0 Å². The molecule has 2 rings (SSSR count). The second-order valence-electron chi connectivity index (χ2n) is 6.90. The highest BCUT2D eigenvalue weighted by molar-refractivity contribution is 6.02. The van der Waals surface area contributed by atoms with E-state index in [1.807, 2.05) is 39.0 Å². The third kappa shape index (κ3) is 3.91. The molecule has 1 N–H and O–H groups in total. The molecule has 0 saturated carbocycles. The van der Waals surface area contributed by atoms with Gasteiger partial charge in [0, 0.05) is 17.4 Å². The summed E-state index contributed by atoms with van der Waals surface area (Å²) in [6, 6.07) is 5.73. The second-order valence-corrected chi connectivity index (χ2v) is 6.90. The number of imidazole rings is 1.